The van der Waals surface area contributed by atoms with Crippen molar-refractivity contribution < 1.29 is 27.6 Å². The van der Waals surface area contributed by atoms with Gasteiger partial charge in [0.25, 0.3) is 0 Å². The SMILES string of the molecule is CC(C)(C)C(NCC(F)(F)F)C(=O)NCC(=O)NC(C#N)CC1CCC2(CCC2)NC1=O. The molecule has 1 spiro atoms. The van der Waals surface area contributed by atoms with Crippen LogP contribution in [0, 0.1) is 22.7 Å². The first kappa shape index (κ1) is 25.9. The number of piperidine rings is 1. The number of hydrogen-bond donors (Lipinski definition) is 4. The maximum Gasteiger partial charge on any atom is 0.401 e. The molecule has 1 aliphatic carbocycles. The minimum Gasteiger partial charge on any atom is -0.350 e. The fraction of sp³-hybridized carbons (Fsp3) is 0.810. The molecule has 2 aliphatic rings. The molecule has 0 aromatic heterocycles. The highest BCUT2D eigenvalue weighted by Gasteiger charge is 2.44. The van der Waals surface area contributed by atoms with Gasteiger partial charge in [-0.05, 0) is 43.9 Å². The lowest BCUT2D eigenvalue weighted by atomic mass is 9.69. The maximum absolute atomic E-state index is 12.5. The summed E-state index contributed by atoms with van der Waals surface area (Å²) in [5.41, 5.74) is -0.917. The van der Waals surface area contributed by atoms with Crippen LogP contribution in [0.4, 0.5) is 13.2 Å². The van der Waals surface area contributed by atoms with Crippen molar-refractivity contribution in [1.82, 2.24) is 21.3 Å². The maximum atomic E-state index is 12.5. The van der Waals surface area contributed by atoms with Crippen LogP contribution >= 0.6 is 0 Å². The van der Waals surface area contributed by atoms with Gasteiger partial charge in [-0.3, -0.25) is 19.7 Å². The number of carbonyl (C=O) groups excluding carboxylic acids is 3. The van der Waals surface area contributed by atoms with Crippen LogP contribution in [0.25, 0.3) is 0 Å². The molecule has 0 radical (unpaired) electrons. The first-order chi connectivity index (χ1) is 14.7. The normalized spacial score (nSPS) is 22.2. The Morgan fingerprint density at radius 2 is 1.91 bits per heavy atom. The fourth-order valence-corrected chi connectivity index (χ4v) is 4.16. The summed E-state index contributed by atoms with van der Waals surface area (Å²) in [6.45, 7) is 2.99. The smallest absolute Gasteiger partial charge is 0.350 e. The molecule has 1 heterocycles. The Hall–Kier alpha value is -2.35. The number of amides is 3. The summed E-state index contributed by atoms with van der Waals surface area (Å²) in [5.74, 6) is -1.89. The van der Waals surface area contributed by atoms with Crippen molar-refractivity contribution in [3.8, 4) is 6.07 Å². The standard InChI is InChI=1S/C21H32F3N5O3/c1-19(2,3)16(27-12-21(22,23)24)18(32)26-11-15(30)28-14(10-25)9-13-5-8-20(6-4-7-20)29-17(13)31/h13-14,16,27H,4-9,11-12H2,1-3H3,(H,26,32)(H,28,30)(H,29,31). The number of alkyl halides is 3. The second-order valence-electron chi connectivity index (χ2n) is 9.86. The van der Waals surface area contributed by atoms with Crippen molar-refractivity contribution in [1.29, 1.82) is 5.26 Å². The van der Waals surface area contributed by atoms with E-state index in [1.165, 1.54) is 0 Å². The molecule has 11 heteroatoms. The first-order valence-electron chi connectivity index (χ1n) is 10.8. The van der Waals surface area contributed by atoms with Gasteiger partial charge in [0.05, 0.1) is 25.2 Å². The van der Waals surface area contributed by atoms with E-state index >= 15 is 0 Å². The van der Waals surface area contributed by atoms with Crippen molar-refractivity contribution in [3.05, 3.63) is 0 Å². The molecule has 32 heavy (non-hydrogen) atoms. The van der Waals surface area contributed by atoms with Crippen LogP contribution in [-0.2, 0) is 14.4 Å². The molecule has 8 nitrogen and oxygen atoms in total. The zero-order chi connectivity index (χ0) is 24.2. The van der Waals surface area contributed by atoms with Crippen LogP contribution in [0.5, 0.6) is 0 Å². The Bertz CT molecular complexity index is 753. The Morgan fingerprint density at radius 1 is 1.25 bits per heavy atom. The van der Waals surface area contributed by atoms with Gasteiger partial charge in [0.1, 0.15) is 6.04 Å². The van der Waals surface area contributed by atoms with E-state index in [1.54, 1.807) is 20.8 Å². The summed E-state index contributed by atoms with van der Waals surface area (Å²) >= 11 is 0. The van der Waals surface area contributed by atoms with Crippen molar-refractivity contribution in [2.24, 2.45) is 11.3 Å². The number of hydrogen-bond acceptors (Lipinski definition) is 5. The number of halogens is 3. The van der Waals surface area contributed by atoms with Gasteiger partial charge in [0.15, 0.2) is 0 Å². The van der Waals surface area contributed by atoms with E-state index in [4.69, 9.17) is 0 Å². The molecule has 1 saturated heterocycles. The molecule has 3 amide bonds. The van der Waals surface area contributed by atoms with Gasteiger partial charge >= 0.3 is 6.18 Å². The lowest BCUT2D eigenvalue weighted by Gasteiger charge is -2.47. The van der Waals surface area contributed by atoms with Crippen LogP contribution in [-0.4, -0.2) is 54.6 Å². The van der Waals surface area contributed by atoms with E-state index in [9.17, 15) is 32.8 Å². The van der Waals surface area contributed by atoms with E-state index < -0.39 is 48.6 Å². The van der Waals surface area contributed by atoms with Crippen molar-refractivity contribution >= 4 is 17.7 Å². The third-order valence-corrected chi connectivity index (χ3v) is 6.11. The quantitative estimate of drug-likeness (QED) is 0.438. The molecule has 3 unspecified atom stereocenters. The van der Waals surface area contributed by atoms with Gasteiger partial charge in [-0.25, -0.2) is 0 Å². The highest BCUT2D eigenvalue weighted by atomic mass is 19.4. The Balaban J connectivity index is 1.82. The molecule has 2 fully saturated rings. The lowest BCUT2D eigenvalue weighted by molar-refractivity contribution is -0.136. The molecular weight excluding hydrogens is 427 g/mol. The van der Waals surface area contributed by atoms with E-state index in [0.717, 1.165) is 25.7 Å². The highest BCUT2D eigenvalue weighted by molar-refractivity contribution is 5.88. The van der Waals surface area contributed by atoms with Gasteiger partial charge in [-0.1, -0.05) is 20.8 Å². The molecular formula is C21H32F3N5O3. The van der Waals surface area contributed by atoms with Gasteiger partial charge < -0.3 is 16.0 Å². The van der Waals surface area contributed by atoms with Crippen LogP contribution < -0.4 is 21.3 Å². The minimum absolute atomic E-state index is 0.0903. The summed E-state index contributed by atoms with van der Waals surface area (Å²) in [6.07, 6.45) is 0.212. The summed E-state index contributed by atoms with van der Waals surface area (Å²) < 4.78 is 37.6. The minimum atomic E-state index is -4.48. The highest BCUT2D eigenvalue weighted by Crippen LogP contribution is 2.40. The predicted octanol–water partition coefficient (Wildman–Crippen LogP) is 1.52. The van der Waals surface area contributed by atoms with E-state index in [0.29, 0.717) is 6.42 Å². The number of nitriles is 1. The molecule has 1 aliphatic heterocycles. The Kier molecular flexibility index (Phi) is 8.15. The summed E-state index contributed by atoms with van der Waals surface area (Å²) in [6, 6.07) is -0.123. The number of nitrogens with one attached hydrogen (secondary N) is 4. The molecule has 3 atom stereocenters. The number of nitrogens with zero attached hydrogens (tertiary/aromatic N) is 1. The monoisotopic (exact) mass is 459 g/mol. The fourth-order valence-electron chi connectivity index (χ4n) is 4.16. The summed E-state index contributed by atoms with van der Waals surface area (Å²) in [5, 5.41) is 19.4. The molecule has 4 N–H and O–H groups in total. The lowest BCUT2D eigenvalue weighted by Crippen LogP contribution is -2.59. The van der Waals surface area contributed by atoms with Gasteiger partial charge in [0.2, 0.25) is 17.7 Å². The molecule has 0 aromatic carbocycles. The predicted molar refractivity (Wildman–Crippen MR) is 110 cm³/mol. The van der Waals surface area contributed by atoms with E-state index in [-0.39, 0.29) is 23.8 Å². The number of carbonyl (C=O) groups is 3. The molecule has 2 rings (SSSR count). The van der Waals surface area contributed by atoms with Crippen LogP contribution in [0.15, 0.2) is 0 Å². The Morgan fingerprint density at radius 3 is 2.38 bits per heavy atom. The van der Waals surface area contributed by atoms with Gasteiger partial charge in [-0.15, -0.1) is 0 Å². The Labute approximate surface area is 186 Å². The zero-order valence-corrected chi connectivity index (χ0v) is 18.7. The third kappa shape index (κ3) is 7.36. The second-order valence-corrected chi connectivity index (χ2v) is 9.86. The molecule has 180 valence electrons. The average Bonchev–Trinajstić information content (AvgIpc) is 2.64. The first-order valence-corrected chi connectivity index (χ1v) is 10.8. The van der Waals surface area contributed by atoms with Gasteiger partial charge in [-0.2, -0.15) is 18.4 Å². The van der Waals surface area contributed by atoms with Crippen molar-refractivity contribution in [2.45, 2.75) is 83.1 Å². The van der Waals surface area contributed by atoms with Crippen LogP contribution in [0.3, 0.4) is 0 Å². The molecule has 0 bridgehead atoms. The van der Waals surface area contributed by atoms with Gasteiger partial charge in [0, 0.05) is 11.5 Å². The summed E-state index contributed by atoms with van der Waals surface area (Å²) in [7, 11) is 0. The third-order valence-electron chi connectivity index (χ3n) is 6.11. The second kappa shape index (κ2) is 10.1. The van der Waals surface area contributed by atoms with Crippen molar-refractivity contribution in [2.75, 3.05) is 13.1 Å². The average molecular weight is 460 g/mol. The largest absolute Gasteiger partial charge is 0.401 e. The molecule has 0 aromatic rings. The zero-order valence-electron chi connectivity index (χ0n) is 18.7. The van der Waals surface area contributed by atoms with E-state index in [2.05, 4.69) is 21.3 Å². The van der Waals surface area contributed by atoms with E-state index in [1.807, 2.05) is 6.07 Å². The molecule has 1 saturated carbocycles. The van der Waals surface area contributed by atoms with Crippen molar-refractivity contribution in [3.63, 3.8) is 0 Å². The van der Waals surface area contributed by atoms with Crippen LogP contribution in [0.2, 0.25) is 0 Å². The number of rotatable bonds is 8. The van der Waals surface area contributed by atoms with Crippen LogP contribution in [0.1, 0.15) is 59.3 Å². The topological polar surface area (TPSA) is 123 Å². The summed E-state index contributed by atoms with van der Waals surface area (Å²) in [4.78, 5) is 37.0.